The lowest BCUT2D eigenvalue weighted by Crippen LogP contribution is -2.28. The maximum atomic E-state index is 12.1. The quantitative estimate of drug-likeness (QED) is 0.487. The summed E-state index contributed by atoms with van der Waals surface area (Å²) in [6.07, 6.45) is 0.214. The lowest BCUT2D eigenvalue weighted by Gasteiger charge is -2.12. The molecular weight excluding hydrogens is 320 g/mol. The number of benzene rings is 1. The van der Waals surface area contributed by atoms with Crippen molar-refractivity contribution in [1.82, 2.24) is 0 Å². The number of rotatable bonds is 3. The van der Waals surface area contributed by atoms with Crippen molar-refractivity contribution in [3.8, 4) is 5.75 Å². The van der Waals surface area contributed by atoms with Crippen LogP contribution in [0, 0.1) is 0 Å². The summed E-state index contributed by atoms with van der Waals surface area (Å²) < 4.78 is 61.6. The minimum atomic E-state index is -5.91. The van der Waals surface area contributed by atoms with Gasteiger partial charge in [-0.25, -0.2) is 0 Å². The molecule has 0 aliphatic carbocycles. The predicted octanol–water partition coefficient (Wildman–Crippen LogP) is 3.03. The Morgan fingerprint density at radius 3 is 2.22 bits per heavy atom. The molecule has 0 bridgehead atoms. The molecule has 10 heteroatoms. The third-order valence-corrected chi connectivity index (χ3v) is 3.32. The summed E-state index contributed by atoms with van der Waals surface area (Å²) in [7, 11) is -5.91. The van der Waals surface area contributed by atoms with Gasteiger partial charge in [-0.3, -0.25) is 4.79 Å². The standard InChI is InChI=1S/C8H3Cl2F3O4S/c9-5-2-1-4(3-14)6(10)7(5)17-18(15,16)8(11,12)13/h1-3H. The predicted molar refractivity (Wildman–Crippen MR) is 57.5 cm³/mol. The first-order chi connectivity index (χ1) is 8.10. The van der Waals surface area contributed by atoms with Gasteiger partial charge in [0.1, 0.15) is 0 Å². The van der Waals surface area contributed by atoms with Crippen molar-refractivity contribution in [3.05, 3.63) is 27.7 Å². The van der Waals surface area contributed by atoms with E-state index in [2.05, 4.69) is 4.18 Å². The normalized spacial score (nSPS) is 12.3. The number of aldehydes is 1. The molecule has 0 aliphatic rings. The van der Waals surface area contributed by atoms with Crippen molar-refractivity contribution < 1.29 is 30.6 Å². The van der Waals surface area contributed by atoms with Gasteiger partial charge in [0.2, 0.25) is 0 Å². The van der Waals surface area contributed by atoms with Gasteiger partial charge >= 0.3 is 15.6 Å². The monoisotopic (exact) mass is 322 g/mol. The molecule has 0 fully saturated rings. The Labute approximate surface area is 109 Å². The average molecular weight is 323 g/mol. The fourth-order valence-corrected chi connectivity index (χ4v) is 1.94. The minimum Gasteiger partial charge on any atom is -0.373 e. The topological polar surface area (TPSA) is 60.4 Å². The summed E-state index contributed by atoms with van der Waals surface area (Å²) in [5.41, 5.74) is -5.88. The summed E-state index contributed by atoms with van der Waals surface area (Å²) >= 11 is 11.0. The van der Waals surface area contributed by atoms with E-state index in [-0.39, 0.29) is 11.8 Å². The molecule has 0 aromatic heterocycles. The molecule has 0 heterocycles. The first kappa shape index (κ1) is 15.1. The molecule has 0 spiro atoms. The second-order valence-corrected chi connectivity index (χ2v) is 5.20. The van der Waals surface area contributed by atoms with Crippen molar-refractivity contribution in [1.29, 1.82) is 0 Å². The van der Waals surface area contributed by atoms with Crippen LogP contribution in [0.1, 0.15) is 10.4 Å². The smallest absolute Gasteiger partial charge is 0.373 e. The number of hydrogen-bond donors (Lipinski definition) is 0. The second kappa shape index (κ2) is 4.94. The van der Waals surface area contributed by atoms with Gasteiger partial charge in [-0.1, -0.05) is 23.2 Å². The molecule has 0 aliphatic heterocycles. The Morgan fingerprint density at radius 1 is 1.22 bits per heavy atom. The Morgan fingerprint density at radius 2 is 1.78 bits per heavy atom. The highest BCUT2D eigenvalue weighted by molar-refractivity contribution is 7.88. The fourth-order valence-electron chi connectivity index (χ4n) is 0.872. The summed E-state index contributed by atoms with van der Waals surface area (Å²) in [5, 5.41) is -1.09. The minimum absolute atomic E-state index is 0.214. The highest BCUT2D eigenvalue weighted by atomic mass is 35.5. The molecule has 0 N–H and O–H groups in total. The molecular formula is C8H3Cl2F3O4S. The zero-order chi connectivity index (χ0) is 14.1. The Balaban J connectivity index is 3.33. The van der Waals surface area contributed by atoms with Gasteiger partial charge in [-0.05, 0) is 12.1 Å². The Kier molecular flexibility index (Phi) is 4.14. The van der Waals surface area contributed by atoms with E-state index in [1.54, 1.807) is 0 Å². The first-order valence-electron chi connectivity index (χ1n) is 4.04. The van der Waals surface area contributed by atoms with Gasteiger partial charge in [0.05, 0.1) is 10.0 Å². The molecule has 0 saturated heterocycles. The molecule has 4 nitrogen and oxygen atoms in total. The largest absolute Gasteiger partial charge is 0.534 e. The van der Waals surface area contributed by atoms with Crippen molar-refractivity contribution in [3.63, 3.8) is 0 Å². The van der Waals surface area contributed by atoms with Gasteiger partial charge in [-0.2, -0.15) is 21.6 Å². The van der Waals surface area contributed by atoms with Crippen molar-refractivity contribution >= 4 is 39.6 Å². The number of alkyl halides is 3. The first-order valence-corrected chi connectivity index (χ1v) is 6.20. The molecule has 0 saturated carbocycles. The number of carbonyl (C=O) groups is 1. The molecule has 1 aromatic rings. The molecule has 1 aromatic carbocycles. The third-order valence-electron chi connectivity index (χ3n) is 1.68. The fraction of sp³-hybridized carbons (Fsp3) is 0.125. The van der Waals surface area contributed by atoms with Crippen LogP contribution < -0.4 is 4.18 Å². The summed E-state index contributed by atoms with van der Waals surface area (Å²) in [6, 6.07) is 2.09. The van der Waals surface area contributed by atoms with Crippen LogP contribution in [0.5, 0.6) is 5.75 Å². The van der Waals surface area contributed by atoms with Gasteiger partial charge in [-0.15, -0.1) is 0 Å². The van der Waals surface area contributed by atoms with Crippen LogP contribution in [0.15, 0.2) is 12.1 Å². The van der Waals surface area contributed by atoms with Crippen LogP contribution in [-0.4, -0.2) is 20.2 Å². The van der Waals surface area contributed by atoms with Crippen LogP contribution in [0.3, 0.4) is 0 Å². The second-order valence-electron chi connectivity index (χ2n) is 2.88. The summed E-state index contributed by atoms with van der Waals surface area (Å²) in [6.45, 7) is 0. The van der Waals surface area contributed by atoms with E-state index in [0.717, 1.165) is 12.1 Å². The molecule has 100 valence electrons. The van der Waals surface area contributed by atoms with Gasteiger partial charge in [0, 0.05) is 5.56 Å². The van der Waals surface area contributed by atoms with Crippen LogP contribution in [0.25, 0.3) is 0 Å². The van der Waals surface area contributed by atoms with Gasteiger partial charge < -0.3 is 4.18 Å². The van der Waals surface area contributed by atoms with Crippen molar-refractivity contribution in [2.24, 2.45) is 0 Å². The van der Waals surface area contributed by atoms with Crippen LogP contribution in [0.2, 0.25) is 10.0 Å². The lowest BCUT2D eigenvalue weighted by molar-refractivity contribution is -0.0499. The third kappa shape index (κ3) is 2.88. The molecule has 1 rings (SSSR count). The zero-order valence-corrected chi connectivity index (χ0v) is 10.5. The molecule has 0 amide bonds. The van der Waals surface area contributed by atoms with E-state index in [1.165, 1.54) is 0 Å². The van der Waals surface area contributed by atoms with Crippen LogP contribution in [0.4, 0.5) is 13.2 Å². The lowest BCUT2D eigenvalue weighted by atomic mass is 10.2. The van der Waals surface area contributed by atoms with E-state index >= 15 is 0 Å². The highest BCUT2D eigenvalue weighted by Crippen LogP contribution is 2.38. The maximum absolute atomic E-state index is 12.1. The summed E-state index contributed by atoms with van der Waals surface area (Å²) in [4.78, 5) is 10.5. The Bertz CT molecular complexity index is 583. The molecule has 0 atom stereocenters. The average Bonchev–Trinajstić information content (AvgIpc) is 2.23. The molecule has 0 radical (unpaired) electrons. The van der Waals surface area contributed by atoms with Crippen LogP contribution >= 0.6 is 23.2 Å². The number of carbonyl (C=O) groups excluding carboxylic acids is 1. The molecule has 18 heavy (non-hydrogen) atoms. The number of halogens is 5. The zero-order valence-electron chi connectivity index (χ0n) is 8.16. The number of hydrogen-bond acceptors (Lipinski definition) is 4. The van der Waals surface area contributed by atoms with E-state index in [1.807, 2.05) is 0 Å². The molecule has 0 unspecified atom stereocenters. The van der Waals surface area contributed by atoms with Gasteiger partial charge in [0.15, 0.2) is 12.0 Å². The van der Waals surface area contributed by atoms with Crippen molar-refractivity contribution in [2.45, 2.75) is 5.51 Å². The van der Waals surface area contributed by atoms with E-state index < -0.39 is 31.4 Å². The maximum Gasteiger partial charge on any atom is 0.534 e. The highest BCUT2D eigenvalue weighted by Gasteiger charge is 2.49. The van der Waals surface area contributed by atoms with E-state index in [0.29, 0.717) is 0 Å². The SMILES string of the molecule is O=Cc1ccc(Cl)c(OS(=O)(=O)C(F)(F)F)c1Cl. The van der Waals surface area contributed by atoms with Crippen LogP contribution in [-0.2, 0) is 10.1 Å². The Hall–Kier alpha value is -0.990. The van der Waals surface area contributed by atoms with Gasteiger partial charge in [0.25, 0.3) is 0 Å². The van der Waals surface area contributed by atoms with Crippen molar-refractivity contribution in [2.75, 3.05) is 0 Å². The van der Waals surface area contributed by atoms with E-state index in [9.17, 15) is 26.4 Å². The van der Waals surface area contributed by atoms with E-state index in [4.69, 9.17) is 23.2 Å². The summed E-state index contributed by atoms with van der Waals surface area (Å²) in [5.74, 6) is -0.944.